The maximum absolute atomic E-state index is 13.1. The molecule has 0 saturated carbocycles. The van der Waals surface area contributed by atoms with E-state index in [1.54, 1.807) is 49.7 Å². The van der Waals surface area contributed by atoms with E-state index in [2.05, 4.69) is 36.6 Å². The Bertz CT molecular complexity index is 1680. The smallest absolute Gasteiger partial charge is 0.255 e. The lowest BCUT2D eigenvalue weighted by Gasteiger charge is -2.17. The van der Waals surface area contributed by atoms with Gasteiger partial charge in [-0.15, -0.1) is 0 Å². The molecular formula is C29H25N7O2. The molecule has 9 heteroatoms. The number of hydrogen-bond donors (Lipinski definition) is 3. The average Bonchev–Trinajstić information content (AvgIpc) is 3.43. The van der Waals surface area contributed by atoms with Gasteiger partial charge in [-0.1, -0.05) is 12.1 Å². The first-order valence-corrected chi connectivity index (χ1v) is 11.9. The van der Waals surface area contributed by atoms with Crippen LogP contribution in [0.25, 0.3) is 22.3 Å². The van der Waals surface area contributed by atoms with E-state index in [4.69, 9.17) is 4.74 Å². The topological polar surface area (TPSA) is 129 Å². The lowest BCUT2D eigenvalue weighted by atomic mass is 9.85. The lowest BCUT2D eigenvalue weighted by Crippen LogP contribution is -2.17. The molecule has 2 aromatic carbocycles. The molecule has 0 fully saturated rings. The Kier molecular flexibility index (Phi) is 6.46. The van der Waals surface area contributed by atoms with Crippen molar-refractivity contribution in [2.24, 2.45) is 0 Å². The van der Waals surface area contributed by atoms with Gasteiger partial charge >= 0.3 is 0 Å². The van der Waals surface area contributed by atoms with Crippen LogP contribution in [0.5, 0.6) is 5.75 Å². The fourth-order valence-corrected chi connectivity index (χ4v) is 4.11. The molecule has 188 valence electrons. The van der Waals surface area contributed by atoms with Gasteiger partial charge in [0.1, 0.15) is 23.5 Å². The van der Waals surface area contributed by atoms with Crippen LogP contribution < -0.4 is 15.4 Å². The van der Waals surface area contributed by atoms with Gasteiger partial charge in [0, 0.05) is 34.6 Å². The first-order chi connectivity index (χ1) is 18.4. The van der Waals surface area contributed by atoms with Crippen molar-refractivity contribution in [3.05, 3.63) is 90.5 Å². The number of amides is 1. The largest absolute Gasteiger partial charge is 0.495 e. The molecule has 0 aliphatic heterocycles. The van der Waals surface area contributed by atoms with Gasteiger partial charge in [-0.25, -0.2) is 15.0 Å². The van der Waals surface area contributed by atoms with Crippen molar-refractivity contribution in [3.8, 4) is 23.1 Å². The first-order valence-electron chi connectivity index (χ1n) is 11.9. The molecule has 1 amide bonds. The van der Waals surface area contributed by atoms with Gasteiger partial charge in [0.25, 0.3) is 5.91 Å². The summed E-state index contributed by atoms with van der Waals surface area (Å²) >= 11 is 0. The van der Waals surface area contributed by atoms with Gasteiger partial charge in [0.2, 0.25) is 0 Å². The number of aromatic amines is 1. The number of pyridine rings is 1. The highest BCUT2D eigenvalue weighted by Gasteiger charge is 2.21. The van der Waals surface area contributed by atoms with Crippen LogP contribution in [-0.2, 0) is 5.41 Å². The molecule has 0 saturated heterocycles. The quantitative estimate of drug-likeness (QED) is 0.255. The summed E-state index contributed by atoms with van der Waals surface area (Å²) < 4.78 is 5.57. The molecule has 0 radical (unpaired) electrons. The van der Waals surface area contributed by atoms with Crippen molar-refractivity contribution in [3.63, 3.8) is 0 Å². The number of H-pyrrole nitrogens is 1. The summed E-state index contributed by atoms with van der Waals surface area (Å²) in [6.45, 7) is 3.64. The number of hydrogen-bond acceptors (Lipinski definition) is 7. The Morgan fingerprint density at radius 2 is 1.92 bits per heavy atom. The number of rotatable bonds is 7. The number of aromatic nitrogens is 4. The molecule has 0 spiro atoms. The number of nitrogens with one attached hydrogen (secondary N) is 3. The number of nitrogens with zero attached hydrogens (tertiary/aromatic N) is 4. The van der Waals surface area contributed by atoms with Gasteiger partial charge in [0.05, 0.1) is 30.0 Å². The summed E-state index contributed by atoms with van der Waals surface area (Å²) in [7, 11) is 1.58. The lowest BCUT2D eigenvalue weighted by molar-refractivity contribution is 0.102. The first kappa shape index (κ1) is 24.5. The molecule has 3 N–H and O–H groups in total. The van der Waals surface area contributed by atoms with Crippen LogP contribution in [0.15, 0.2) is 79.4 Å². The van der Waals surface area contributed by atoms with Gasteiger partial charge in [-0.2, -0.15) is 5.26 Å². The number of fused-ring (bicyclic) bond motifs is 1. The summed E-state index contributed by atoms with van der Waals surface area (Å²) in [5.74, 6) is 0.861. The van der Waals surface area contributed by atoms with Crippen LogP contribution in [0.2, 0.25) is 0 Å². The van der Waals surface area contributed by atoms with E-state index < -0.39 is 5.41 Å². The van der Waals surface area contributed by atoms with Crippen LogP contribution >= 0.6 is 0 Å². The van der Waals surface area contributed by atoms with Gasteiger partial charge in [-0.3, -0.25) is 4.79 Å². The molecule has 0 atom stereocenters. The van der Waals surface area contributed by atoms with Crippen LogP contribution in [-0.4, -0.2) is 33.0 Å². The molecule has 5 aromatic rings. The molecule has 0 unspecified atom stereocenters. The summed E-state index contributed by atoms with van der Waals surface area (Å²) in [5, 5.41) is 16.6. The predicted molar refractivity (Wildman–Crippen MR) is 146 cm³/mol. The number of benzene rings is 2. The fourth-order valence-electron chi connectivity index (χ4n) is 4.11. The van der Waals surface area contributed by atoms with E-state index >= 15 is 0 Å². The van der Waals surface area contributed by atoms with E-state index in [1.165, 1.54) is 6.33 Å². The monoisotopic (exact) mass is 503 g/mol. The van der Waals surface area contributed by atoms with E-state index in [0.29, 0.717) is 28.5 Å². The number of carbonyl (C=O) groups is 1. The van der Waals surface area contributed by atoms with Gasteiger partial charge in [0.15, 0.2) is 0 Å². The normalized spacial score (nSPS) is 11.1. The third-order valence-electron chi connectivity index (χ3n) is 6.25. The zero-order valence-electron chi connectivity index (χ0n) is 21.1. The number of ether oxygens (including phenoxy) is 1. The molecule has 3 aromatic heterocycles. The second kappa shape index (κ2) is 10.0. The van der Waals surface area contributed by atoms with E-state index in [0.717, 1.165) is 27.9 Å². The minimum absolute atomic E-state index is 0.286. The van der Waals surface area contributed by atoms with Crippen molar-refractivity contribution in [2.45, 2.75) is 19.3 Å². The van der Waals surface area contributed by atoms with Gasteiger partial charge < -0.3 is 20.4 Å². The summed E-state index contributed by atoms with van der Waals surface area (Å²) in [5.41, 5.74) is 3.96. The third-order valence-corrected chi connectivity index (χ3v) is 6.25. The van der Waals surface area contributed by atoms with Crippen LogP contribution in [0.3, 0.4) is 0 Å². The molecule has 38 heavy (non-hydrogen) atoms. The third kappa shape index (κ3) is 4.75. The Morgan fingerprint density at radius 1 is 1.05 bits per heavy atom. The van der Waals surface area contributed by atoms with Crippen molar-refractivity contribution >= 4 is 34.1 Å². The molecule has 9 nitrogen and oxygen atoms in total. The van der Waals surface area contributed by atoms with Crippen LogP contribution in [0, 0.1) is 11.3 Å². The highest BCUT2D eigenvalue weighted by molar-refractivity contribution is 6.05. The molecule has 5 rings (SSSR count). The van der Waals surface area contributed by atoms with Crippen LogP contribution in [0.1, 0.15) is 29.8 Å². The minimum atomic E-state index is -0.705. The summed E-state index contributed by atoms with van der Waals surface area (Å²) in [6, 6.07) is 20.4. The molecular weight excluding hydrogens is 478 g/mol. The number of anilines is 3. The Labute approximate surface area is 219 Å². The van der Waals surface area contributed by atoms with E-state index in [-0.39, 0.29) is 5.91 Å². The molecule has 0 bridgehead atoms. The van der Waals surface area contributed by atoms with Gasteiger partial charge in [-0.05, 0) is 67.9 Å². The molecule has 3 heterocycles. The van der Waals surface area contributed by atoms with E-state index in [1.807, 2.05) is 44.3 Å². The highest BCUT2D eigenvalue weighted by Crippen LogP contribution is 2.35. The molecule has 0 aliphatic carbocycles. The second-order valence-corrected chi connectivity index (χ2v) is 9.17. The van der Waals surface area contributed by atoms with Crippen molar-refractivity contribution < 1.29 is 9.53 Å². The predicted octanol–water partition coefficient (Wildman–Crippen LogP) is 5.83. The summed E-state index contributed by atoms with van der Waals surface area (Å²) in [4.78, 5) is 29.5. The maximum atomic E-state index is 13.1. The minimum Gasteiger partial charge on any atom is -0.495 e. The Hall–Kier alpha value is -5.23. The Morgan fingerprint density at radius 3 is 2.74 bits per heavy atom. The zero-order valence-corrected chi connectivity index (χ0v) is 21.1. The van der Waals surface area contributed by atoms with Crippen molar-refractivity contribution in [1.29, 1.82) is 5.26 Å². The standard InChI is InChI=1S/C29H25N7O2/c1-29(2,16-30)19-7-4-6-18(14-19)28(37)35-20-9-10-24(38-3)23(15-20)36-27-21(8-5-12-31-27)25-22-11-13-32-26(22)34-17-33-25/h4-15,17H,1-3H3,(H,31,36)(H,35,37)(H,32,33,34). The second-order valence-electron chi connectivity index (χ2n) is 9.17. The zero-order chi connectivity index (χ0) is 26.7. The number of nitriles is 1. The maximum Gasteiger partial charge on any atom is 0.255 e. The average molecular weight is 504 g/mol. The fraction of sp³-hybridized carbons (Fsp3) is 0.138. The summed E-state index contributed by atoms with van der Waals surface area (Å²) in [6.07, 6.45) is 5.02. The van der Waals surface area contributed by atoms with Crippen molar-refractivity contribution in [1.82, 2.24) is 19.9 Å². The van der Waals surface area contributed by atoms with Crippen LogP contribution in [0.4, 0.5) is 17.2 Å². The van der Waals surface area contributed by atoms with E-state index in [9.17, 15) is 10.1 Å². The highest BCUT2D eigenvalue weighted by atomic mass is 16.5. The number of carbonyl (C=O) groups excluding carboxylic acids is 1. The molecule has 0 aliphatic rings. The SMILES string of the molecule is COc1ccc(NC(=O)c2cccc(C(C)(C)C#N)c2)cc1Nc1ncccc1-c1ncnc2[nH]ccc12. The van der Waals surface area contributed by atoms with Crippen molar-refractivity contribution in [2.75, 3.05) is 17.7 Å². The Balaban J connectivity index is 1.45. The number of methoxy groups -OCH3 is 1.